The van der Waals surface area contributed by atoms with E-state index >= 15 is 0 Å². The second-order valence-corrected chi connectivity index (χ2v) is 8.24. The second-order valence-electron chi connectivity index (χ2n) is 5.42. The highest BCUT2D eigenvalue weighted by atomic mass is 32.2. The van der Waals surface area contributed by atoms with Gasteiger partial charge in [-0.15, -0.1) is 0 Å². The molecule has 0 saturated heterocycles. The zero-order chi connectivity index (χ0) is 15.5. The molecule has 1 aliphatic carbocycles. The van der Waals surface area contributed by atoms with Crippen LogP contribution in [-0.2, 0) is 10.0 Å². The summed E-state index contributed by atoms with van der Waals surface area (Å²) in [5, 5.41) is 9.58. The molecule has 4 nitrogen and oxygen atoms in total. The highest BCUT2D eigenvalue weighted by Crippen LogP contribution is 2.28. The van der Waals surface area contributed by atoms with Crippen LogP contribution in [0.2, 0.25) is 0 Å². The second kappa shape index (κ2) is 6.82. The van der Waals surface area contributed by atoms with E-state index in [2.05, 4.69) is 11.0 Å². The normalized spacial score (nSPS) is 22.7. The minimum absolute atomic E-state index is 0.00328. The van der Waals surface area contributed by atoms with Gasteiger partial charge < -0.3 is 0 Å². The van der Waals surface area contributed by atoms with Gasteiger partial charge in [0.25, 0.3) is 0 Å². The Morgan fingerprint density at radius 1 is 1.29 bits per heavy atom. The van der Waals surface area contributed by atoms with Gasteiger partial charge in [0.15, 0.2) is 0 Å². The molecule has 1 aromatic carbocycles. The molecule has 0 bridgehead atoms. The van der Waals surface area contributed by atoms with Gasteiger partial charge in [0.2, 0.25) is 10.0 Å². The summed E-state index contributed by atoms with van der Waals surface area (Å²) in [7, 11) is -3.56. The van der Waals surface area contributed by atoms with Crippen LogP contribution < -0.4 is 4.72 Å². The topological polar surface area (TPSA) is 70.0 Å². The van der Waals surface area contributed by atoms with E-state index in [1.165, 1.54) is 6.07 Å². The molecule has 0 radical (unpaired) electrons. The van der Waals surface area contributed by atoms with E-state index in [-0.39, 0.29) is 10.9 Å². The van der Waals surface area contributed by atoms with Crippen LogP contribution in [0.25, 0.3) is 0 Å². The Morgan fingerprint density at radius 3 is 2.52 bits per heavy atom. The smallest absolute Gasteiger partial charge is 0.208 e. The van der Waals surface area contributed by atoms with Gasteiger partial charge in [-0.25, -0.2) is 13.1 Å². The molecule has 1 aromatic rings. The van der Waals surface area contributed by atoms with Crippen molar-refractivity contribution in [3.63, 3.8) is 0 Å². The average Bonchev–Trinajstić information content (AvgIpc) is 2.48. The van der Waals surface area contributed by atoms with E-state index in [4.69, 9.17) is 5.26 Å². The predicted octanol–water partition coefficient (Wildman–Crippen LogP) is 2.82. The lowest BCUT2D eigenvalue weighted by molar-refractivity contribution is 0.420. The molecular weight excluding hydrogens is 304 g/mol. The minimum atomic E-state index is -3.56. The predicted molar refractivity (Wildman–Crippen MR) is 85.8 cm³/mol. The maximum atomic E-state index is 12.5. The molecule has 1 saturated carbocycles. The number of nitriles is 1. The SMILES string of the molecule is CSC1CCC(NS(=O)(=O)c2cc(C#N)ccc2C)CC1. The van der Waals surface area contributed by atoms with Gasteiger partial charge in [-0.2, -0.15) is 17.0 Å². The van der Waals surface area contributed by atoms with Crippen LogP contribution in [0.15, 0.2) is 23.1 Å². The zero-order valence-corrected chi connectivity index (χ0v) is 13.9. The Bertz CT molecular complexity index is 642. The molecule has 114 valence electrons. The summed E-state index contributed by atoms with van der Waals surface area (Å²) in [6.07, 6.45) is 5.95. The van der Waals surface area contributed by atoms with Gasteiger partial charge >= 0.3 is 0 Å². The number of thioether (sulfide) groups is 1. The lowest BCUT2D eigenvalue weighted by Gasteiger charge is -2.28. The molecule has 6 heteroatoms. The van der Waals surface area contributed by atoms with E-state index in [0.29, 0.717) is 16.4 Å². The highest BCUT2D eigenvalue weighted by Gasteiger charge is 2.26. The van der Waals surface area contributed by atoms with Crippen molar-refractivity contribution in [2.45, 2.75) is 48.8 Å². The number of rotatable bonds is 4. The fourth-order valence-electron chi connectivity index (χ4n) is 2.66. The van der Waals surface area contributed by atoms with Crippen LogP contribution in [-0.4, -0.2) is 26.0 Å². The molecule has 0 spiro atoms. The van der Waals surface area contributed by atoms with Crippen LogP contribution in [0.5, 0.6) is 0 Å². The van der Waals surface area contributed by atoms with Crippen molar-refractivity contribution < 1.29 is 8.42 Å². The Morgan fingerprint density at radius 2 is 1.95 bits per heavy atom. The maximum absolute atomic E-state index is 12.5. The summed E-state index contributed by atoms with van der Waals surface area (Å²) < 4.78 is 27.8. The maximum Gasteiger partial charge on any atom is 0.241 e. The third kappa shape index (κ3) is 4.00. The minimum Gasteiger partial charge on any atom is -0.208 e. The number of aryl methyl sites for hydroxylation is 1. The lowest BCUT2D eigenvalue weighted by Crippen LogP contribution is -2.38. The molecule has 1 N–H and O–H groups in total. The fraction of sp³-hybridized carbons (Fsp3) is 0.533. The monoisotopic (exact) mass is 324 g/mol. The number of hydrogen-bond acceptors (Lipinski definition) is 4. The highest BCUT2D eigenvalue weighted by molar-refractivity contribution is 7.99. The van der Waals surface area contributed by atoms with Crippen molar-refractivity contribution >= 4 is 21.8 Å². The molecule has 0 amide bonds. The first-order chi connectivity index (χ1) is 9.96. The van der Waals surface area contributed by atoms with E-state index < -0.39 is 10.0 Å². The number of nitrogens with zero attached hydrogens (tertiary/aromatic N) is 1. The number of nitrogens with one attached hydrogen (secondary N) is 1. The van der Waals surface area contributed by atoms with Gasteiger partial charge in [-0.3, -0.25) is 0 Å². The Balaban J connectivity index is 2.14. The Hall–Kier alpha value is -1.03. The molecule has 0 unspecified atom stereocenters. The molecule has 2 rings (SSSR count). The first-order valence-corrected chi connectivity index (χ1v) is 9.79. The molecular formula is C15H20N2O2S2. The molecule has 21 heavy (non-hydrogen) atoms. The van der Waals surface area contributed by atoms with Gasteiger partial charge in [0.05, 0.1) is 16.5 Å². The van der Waals surface area contributed by atoms with Crippen molar-refractivity contribution in [3.05, 3.63) is 29.3 Å². The van der Waals surface area contributed by atoms with Gasteiger partial charge in [-0.05, 0) is 56.6 Å². The third-order valence-corrected chi connectivity index (χ3v) is 6.74. The average molecular weight is 324 g/mol. The molecule has 0 aromatic heterocycles. The van der Waals surface area contributed by atoms with E-state index in [1.54, 1.807) is 19.1 Å². The van der Waals surface area contributed by atoms with Crippen molar-refractivity contribution in [3.8, 4) is 6.07 Å². The zero-order valence-electron chi connectivity index (χ0n) is 12.3. The van der Waals surface area contributed by atoms with Gasteiger partial charge in [0, 0.05) is 11.3 Å². The first kappa shape index (κ1) is 16.3. The number of benzene rings is 1. The Kier molecular flexibility index (Phi) is 5.31. The number of hydrogen-bond donors (Lipinski definition) is 1. The van der Waals surface area contributed by atoms with Crippen LogP contribution >= 0.6 is 11.8 Å². The van der Waals surface area contributed by atoms with Gasteiger partial charge in [-0.1, -0.05) is 6.07 Å². The summed E-state index contributed by atoms with van der Waals surface area (Å²) in [6, 6.07) is 6.76. The Labute approximate surface area is 131 Å². The fourth-order valence-corrected chi connectivity index (χ4v) is 4.98. The van der Waals surface area contributed by atoms with Crippen LogP contribution in [0.3, 0.4) is 0 Å². The van der Waals surface area contributed by atoms with Crippen LogP contribution in [0, 0.1) is 18.3 Å². The number of sulfonamides is 1. The molecule has 1 fully saturated rings. The van der Waals surface area contributed by atoms with Crippen LogP contribution in [0.4, 0.5) is 0 Å². The summed E-state index contributed by atoms with van der Waals surface area (Å²) >= 11 is 1.86. The molecule has 0 aliphatic heterocycles. The molecule has 0 heterocycles. The largest absolute Gasteiger partial charge is 0.241 e. The van der Waals surface area contributed by atoms with Gasteiger partial charge in [0.1, 0.15) is 0 Å². The van der Waals surface area contributed by atoms with E-state index in [0.717, 1.165) is 25.7 Å². The van der Waals surface area contributed by atoms with Crippen molar-refractivity contribution in [1.82, 2.24) is 4.72 Å². The quantitative estimate of drug-likeness (QED) is 0.924. The first-order valence-electron chi connectivity index (χ1n) is 7.02. The standard InChI is InChI=1S/C15H20N2O2S2/c1-11-3-4-12(10-16)9-15(11)21(18,19)17-13-5-7-14(20-2)8-6-13/h3-4,9,13-14,17H,5-8H2,1-2H3. The molecule has 1 aliphatic rings. The summed E-state index contributed by atoms with van der Waals surface area (Å²) in [6.45, 7) is 1.75. The summed E-state index contributed by atoms with van der Waals surface area (Å²) in [5.41, 5.74) is 1.03. The van der Waals surface area contributed by atoms with Crippen LogP contribution in [0.1, 0.15) is 36.8 Å². The summed E-state index contributed by atoms with van der Waals surface area (Å²) in [4.78, 5) is 0.216. The van der Waals surface area contributed by atoms with E-state index in [1.807, 2.05) is 17.8 Å². The van der Waals surface area contributed by atoms with Crippen molar-refractivity contribution in [1.29, 1.82) is 5.26 Å². The summed E-state index contributed by atoms with van der Waals surface area (Å²) in [5.74, 6) is 0. The van der Waals surface area contributed by atoms with Crippen molar-refractivity contribution in [2.75, 3.05) is 6.26 Å². The third-order valence-electron chi connectivity index (χ3n) is 3.94. The van der Waals surface area contributed by atoms with Crippen molar-refractivity contribution in [2.24, 2.45) is 0 Å². The van der Waals surface area contributed by atoms with E-state index in [9.17, 15) is 8.42 Å². The lowest BCUT2D eigenvalue weighted by atomic mass is 9.96. The molecule has 0 atom stereocenters.